The lowest BCUT2D eigenvalue weighted by Gasteiger charge is -2.05. The van der Waals surface area contributed by atoms with Crippen LogP contribution in [0.3, 0.4) is 0 Å². The Morgan fingerprint density at radius 3 is 3.12 bits per heavy atom. The van der Waals surface area contributed by atoms with Crippen molar-refractivity contribution in [3.8, 4) is 0 Å². The highest BCUT2D eigenvalue weighted by atomic mass is 32.2. The second-order valence-corrected chi connectivity index (χ2v) is 4.33. The predicted molar refractivity (Wildman–Crippen MR) is 63.6 cm³/mol. The molecular weight excluding hydrogens is 226 g/mol. The summed E-state index contributed by atoms with van der Waals surface area (Å²) < 4.78 is 1.36. The van der Waals surface area contributed by atoms with Crippen molar-refractivity contribution < 1.29 is 4.79 Å². The maximum atomic E-state index is 11.6. The zero-order chi connectivity index (χ0) is 11.4. The summed E-state index contributed by atoms with van der Waals surface area (Å²) in [5, 5.41) is 3.32. The molecule has 0 fully saturated rings. The molecule has 0 bridgehead atoms. The fourth-order valence-electron chi connectivity index (χ4n) is 1.32. The molecule has 0 atom stereocenters. The van der Waals surface area contributed by atoms with Gasteiger partial charge in [-0.2, -0.15) is 0 Å². The van der Waals surface area contributed by atoms with Crippen LogP contribution >= 0.6 is 11.8 Å². The number of thioether (sulfide) groups is 1. The number of nitrogens with one attached hydrogen (secondary N) is 1. The van der Waals surface area contributed by atoms with E-state index in [1.54, 1.807) is 18.3 Å². The van der Waals surface area contributed by atoms with Crippen LogP contribution in [0, 0.1) is 0 Å². The van der Waals surface area contributed by atoms with Gasteiger partial charge in [0.25, 0.3) is 5.56 Å². The minimum Gasteiger partial charge on any atom is -0.306 e. The molecule has 0 aromatic carbocycles. The average Bonchev–Trinajstić information content (AvgIpc) is 2.74. The molecule has 6 heteroatoms. The van der Waals surface area contributed by atoms with E-state index in [1.165, 1.54) is 22.4 Å². The van der Waals surface area contributed by atoms with E-state index in [0.717, 1.165) is 12.3 Å². The van der Waals surface area contributed by atoms with Crippen LogP contribution in [0.5, 0.6) is 0 Å². The highest BCUT2D eigenvalue weighted by molar-refractivity contribution is 8.14. The number of carbonyl (C=O) groups is 1. The average molecular weight is 237 g/mol. The van der Waals surface area contributed by atoms with Crippen molar-refractivity contribution in [2.75, 3.05) is 12.3 Å². The summed E-state index contributed by atoms with van der Waals surface area (Å²) >= 11 is 1.52. The smallest absolute Gasteiger partial charge is 0.250 e. The van der Waals surface area contributed by atoms with Gasteiger partial charge in [-0.1, -0.05) is 17.8 Å². The van der Waals surface area contributed by atoms with E-state index in [0.29, 0.717) is 5.17 Å². The van der Waals surface area contributed by atoms with E-state index in [4.69, 9.17) is 0 Å². The molecule has 5 nitrogen and oxygen atoms in total. The molecule has 84 valence electrons. The van der Waals surface area contributed by atoms with Gasteiger partial charge < -0.3 is 9.88 Å². The van der Waals surface area contributed by atoms with Crippen molar-refractivity contribution in [2.45, 2.75) is 6.54 Å². The highest BCUT2D eigenvalue weighted by Gasteiger charge is 2.11. The van der Waals surface area contributed by atoms with Crippen molar-refractivity contribution in [1.82, 2.24) is 9.88 Å². The second kappa shape index (κ2) is 4.98. The number of carbonyl (C=O) groups excluding carboxylic acids is 1. The van der Waals surface area contributed by atoms with Gasteiger partial charge >= 0.3 is 0 Å². The largest absolute Gasteiger partial charge is 0.306 e. The first-order chi connectivity index (χ1) is 7.75. The van der Waals surface area contributed by atoms with E-state index < -0.39 is 0 Å². The van der Waals surface area contributed by atoms with Gasteiger partial charge in [0, 0.05) is 18.0 Å². The molecule has 2 rings (SSSR count). The lowest BCUT2D eigenvalue weighted by molar-refractivity contribution is -0.120. The molecule has 1 aliphatic rings. The number of aromatic nitrogens is 1. The minimum absolute atomic E-state index is 0.0270. The molecule has 1 amide bonds. The van der Waals surface area contributed by atoms with Crippen molar-refractivity contribution in [1.29, 1.82) is 0 Å². The maximum absolute atomic E-state index is 11.6. The topological polar surface area (TPSA) is 63.5 Å². The summed E-state index contributed by atoms with van der Waals surface area (Å²) in [7, 11) is 0. The van der Waals surface area contributed by atoms with Crippen LogP contribution < -0.4 is 10.9 Å². The summed E-state index contributed by atoms with van der Waals surface area (Å²) in [5.74, 6) is 0.683. The summed E-state index contributed by atoms with van der Waals surface area (Å²) in [5.41, 5.74) is -0.182. The third kappa shape index (κ3) is 2.73. The van der Waals surface area contributed by atoms with Crippen LogP contribution in [0.4, 0.5) is 0 Å². The Balaban J connectivity index is 1.97. The third-order valence-electron chi connectivity index (χ3n) is 2.04. The number of nitrogens with zero attached hydrogens (tertiary/aromatic N) is 2. The summed E-state index contributed by atoms with van der Waals surface area (Å²) in [4.78, 5) is 27.0. The van der Waals surface area contributed by atoms with Gasteiger partial charge in [-0.05, 0) is 6.07 Å². The van der Waals surface area contributed by atoms with Crippen molar-refractivity contribution in [2.24, 2.45) is 4.99 Å². The van der Waals surface area contributed by atoms with Crippen LogP contribution in [0.2, 0.25) is 0 Å². The Hall–Kier alpha value is -1.56. The Bertz CT molecular complexity index is 481. The second-order valence-electron chi connectivity index (χ2n) is 3.25. The fourth-order valence-corrected chi connectivity index (χ4v) is 2.06. The van der Waals surface area contributed by atoms with Crippen molar-refractivity contribution in [3.63, 3.8) is 0 Å². The Morgan fingerprint density at radius 1 is 1.56 bits per heavy atom. The quantitative estimate of drug-likeness (QED) is 0.791. The maximum Gasteiger partial charge on any atom is 0.250 e. The van der Waals surface area contributed by atoms with E-state index in [1.807, 2.05) is 0 Å². The first-order valence-electron chi connectivity index (χ1n) is 4.88. The standard InChI is InChI=1S/C10H11N3O2S/c14-8(12-10-11-4-6-16-10)7-13-5-2-1-3-9(13)15/h1-3,5H,4,6-7H2,(H,11,12,14). The summed E-state index contributed by atoms with van der Waals surface area (Å²) in [6.07, 6.45) is 1.59. The molecule has 1 aromatic heterocycles. The lowest BCUT2D eigenvalue weighted by Crippen LogP contribution is -2.33. The molecule has 1 aromatic rings. The van der Waals surface area contributed by atoms with Gasteiger partial charge in [-0.25, -0.2) is 0 Å². The fraction of sp³-hybridized carbons (Fsp3) is 0.300. The Morgan fingerprint density at radius 2 is 2.44 bits per heavy atom. The predicted octanol–water partition coefficient (Wildman–Crippen LogP) is 0.0673. The van der Waals surface area contributed by atoms with Gasteiger partial charge in [0.15, 0.2) is 5.17 Å². The van der Waals surface area contributed by atoms with Gasteiger partial charge in [0.2, 0.25) is 5.91 Å². The summed E-state index contributed by atoms with van der Waals surface area (Å²) in [6.45, 7) is 0.769. The zero-order valence-electron chi connectivity index (χ0n) is 8.55. The lowest BCUT2D eigenvalue weighted by atomic mass is 10.4. The first-order valence-corrected chi connectivity index (χ1v) is 5.87. The molecule has 0 saturated carbocycles. The van der Waals surface area contributed by atoms with Crippen LogP contribution in [0.15, 0.2) is 34.2 Å². The third-order valence-corrected chi connectivity index (χ3v) is 2.94. The number of pyridine rings is 1. The molecule has 1 aliphatic heterocycles. The number of rotatable bonds is 2. The van der Waals surface area contributed by atoms with Crippen molar-refractivity contribution >= 4 is 22.8 Å². The summed E-state index contributed by atoms with van der Waals surface area (Å²) in [6, 6.07) is 4.79. The molecule has 0 saturated heterocycles. The Labute approximate surface area is 96.6 Å². The number of aliphatic imine (C=N–C) groups is 1. The van der Waals surface area contributed by atoms with Crippen LogP contribution in [-0.2, 0) is 11.3 Å². The molecular formula is C10H11N3O2S. The molecule has 0 aliphatic carbocycles. The molecule has 0 radical (unpaired) electrons. The van der Waals surface area contributed by atoms with Gasteiger partial charge in [-0.15, -0.1) is 0 Å². The zero-order valence-corrected chi connectivity index (χ0v) is 9.37. The van der Waals surface area contributed by atoms with E-state index in [9.17, 15) is 9.59 Å². The van der Waals surface area contributed by atoms with Gasteiger partial charge in [0.05, 0.1) is 6.54 Å². The molecule has 2 heterocycles. The molecule has 0 spiro atoms. The first kappa shape index (κ1) is 10.9. The van der Waals surface area contributed by atoms with Crippen molar-refractivity contribution in [3.05, 3.63) is 34.7 Å². The molecule has 16 heavy (non-hydrogen) atoms. The van der Waals surface area contributed by atoms with E-state index in [2.05, 4.69) is 10.3 Å². The van der Waals surface area contributed by atoms with E-state index >= 15 is 0 Å². The number of hydrogen-bond acceptors (Lipinski definition) is 4. The molecule has 0 unspecified atom stereocenters. The highest BCUT2D eigenvalue weighted by Crippen LogP contribution is 2.08. The van der Waals surface area contributed by atoms with Crippen LogP contribution in [0.1, 0.15) is 0 Å². The van der Waals surface area contributed by atoms with Crippen LogP contribution in [-0.4, -0.2) is 27.9 Å². The number of amides is 1. The van der Waals surface area contributed by atoms with Crippen LogP contribution in [0.25, 0.3) is 0 Å². The van der Waals surface area contributed by atoms with Gasteiger partial charge in [0.1, 0.15) is 6.54 Å². The number of amidine groups is 1. The van der Waals surface area contributed by atoms with E-state index in [-0.39, 0.29) is 18.0 Å². The minimum atomic E-state index is -0.221. The SMILES string of the molecule is O=C(Cn1ccccc1=O)NC1=NCCS1. The Kier molecular flexibility index (Phi) is 3.40. The molecule has 1 N–H and O–H groups in total. The normalized spacial score (nSPS) is 14.6. The number of hydrogen-bond donors (Lipinski definition) is 1. The monoisotopic (exact) mass is 237 g/mol. The van der Waals surface area contributed by atoms with Gasteiger partial charge in [-0.3, -0.25) is 14.6 Å².